The van der Waals surface area contributed by atoms with E-state index in [0.29, 0.717) is 11.7 Å². The number of halogens is 1. The Morgan fingerprint density at radius 2 is 2.45 bits per heavy atom. The molecule has 0 saturated heterocycles. The molecule has 62 valence electrons. The van der Waals surface area contributed by atoms with Gasteiger partial charge in [0.15, 0.2) is 0 Å². The van der Waals surface area contributed by atoms with Gasteiger partial charge in [0, 0.05) is 6.20 Å². The van der Waals surface area contributed by atoms with Crippen LogP contribution in [0.15, 0.2) is 12.5 Å². The van der Waals surface area contributed by atoms with Crippen molar-refractivity contribution in [1.82, 2.24) is 9.55 Å². The number of imidazole rings is 1. The maximum atomic E-state index is 8.98. The molecule has 0 radical (unpaired) electrons. The van der Waals surface area contributed by atoms with Crippen LogP contribution in [0.1, 0.15) is 0 Å². The topological polar surface area (TPSA) is 58.3 Å². The Morgan fingerprint density at radius 3 is 2.91 bits per heavy atom. The van der Waals surface area contributed by atoms with Crippen LogP contribution in [0.2, 0.25) is 5.15 Å². The van der Waals surface area contributed by atoms with Crippen molar-refractivity contribution < 1.29 is 10.2 Å². The molecule has 1 aromatic heterocycles. The maximum Gasteiger partial charge on any atom is 0.146 e. The van der Waals surface area contributed by atoms with Gasteiger partial charge in [0.05, 0.1) is 25.6 Å². The first kappa shape index (κ1) is 8.52. The Bertz CT molecular complexity index is 226. The summed E-state index contributed by atoms with van der Waals surface area (Å²) < 4.78 is 1.61. The summed E-state index contributed by atoms with van der Waals surface area (Å²) >= 11 is 5.51. The lowest BCUT2D eigenvalue weighted by atomic mass is 10.4. The zero-order valence-corrected chi connectivity index (χ0v) is 6.57. The highest BCUT2D eigenvalue weighted by molar-refractivity contribution is 6.29. The van der Waals surface area contributed by atoms with Gasteiger partial charge in [0.2, 0.25) is 0 Å². The van der Waals surface area contributed by atoms with Crippen molar-refractivity contribution in [2.24, 2.45) is 0 Å². The van der Waals surface area contributed by atoms with Crippen LogP contribution in [-0.2, 0) is 6.54 Å². The molecule has 0 bridgehead atoms. The van der Waals surface area contributed by atoms with Crippen LogP contribution in [0.3, 0.4) is 0 Å². The summed E-state index contributed by atoms with van der Waals surface area (Å²) in [6.45, 7) is 0.0615. The Kier molecular flexibility index (Phi) is 2.87. The molecule has 2 N–H and O–H groups in total. The minimum atomic E-state index is -0.750. The molecule has 11 heavy (non-hydrogen) atoms. The summed E-state index contributed by atoms with van der Waals surface area (Å²) in [5.74, 6) is 0. The van der Waals surface area contributed by atoms with Crippen molar-refractivity contribution >= 4 is 11.6 Å². The average molecular weight is 177 g/mol. The fourth-order valence-corrected chi connectivity index (χ4v) is 0.903. The van der Waals surface area contributed by atoms with E-state index in [1.54, 1.807) is 10.8 Å². The molecule has 4 nitrogen and oxygen atoms in total. The van der Waals surface area contributed by atoms with Gasteiger partial charge in [-0.25, -0.2) is 4.98 Å². The quantitative estimate of drug-likeness (QED) is 0.676. The lowest BCUT2D eigenvalue weighted by Gasteiger charge is -2.06. The number of nitrogens with zero attached hydrogens (tertiary/aromatic N) is 2. The number of aliphatic hydroxyl groups excluding tert-OH is 2. The van der Waals surface area contributed by atoms with E-state index < -0.39 is 6.10 Å². The smallest absolute Gasteiger partial charge is 0.146 e. The normalized spacial score (nSPS) is 13.4. The number of rotatable bonds is 3. The van der Waals surface area contributed by atoms with Gasteiger partial charge in [0.1, 0.15) is 5.15 Å². The van der Waals surface area contributed by atoms with Crippen LogP contribution in [0, 0.1) is 0 Å². The molecule has 1 aromatic rings. The van der Waals surface area contributed by atoms with Crippen LogP contribution in [0.5, 0.6) is 0 Å². The molecule has 5 heteroatoms. The molecular weight excluding hydrogens is 168 g/mol. The number of hydrogen-bond acceptors (Lipinski definition) is 3. The molecule has 0 fully saturated rings. The van der Waals surface area contributed by atoms with Crippen molar-refractivity contribution in [3.05, 3.63) is 17.7 Å². The number of aliphatic hydroxyl groups is 2. The largest absolute Gasteiger partial charge is 0.394 e. The third-order valence-electron chi connectivity index (χ3n) is 1.23. The molecule has 0 aromatic carbocycles. The van der Waals surface area contributed by atoms with Crippen molar-refractivity contribution in [1.29, 1.82) is 0 Å². The zero-order chi connectivity index (χ0) is 8.27. The molecule has 0 saturated carbocycles. The molecular formula is C6H9ClN2O2. The summed E-state index contributed by atoms with van der Waals surface area (Å²) in [4.78, 5) is 3.74. The fourth-order valence-electron chi connectivity index (χ4n) is 0.734. The van der Waals surface area contributed by atoms with E-state index in [2.05, 4.69) is 4.98 Å². The molecule has 0 amide bonds. The van der Waals surface area contributed by atoms with Gasteiger partial charge in [-0.05, 0) is 0 Å². The van der Waals surface area contributed by atoms with Crippen LogP contribution in [0.4, 0.5) is 0 Å². The van der Waals surface area contributed by atoms with E-state index in [0.717, 1.165) is 0 Å². The van der Waals surface area contributed by atoms with Crippen LogP contribution < -0.4 is 0 Å². The molecule has 1 heterocycles. The molecule has 1 rings (SSSR count). The Balaban J connectivity index is 2.50. The first-order chi connectivity index (χ1) is 5.22. The third-order valence-corrected chi connectivity index (χ3v) is 1.43. The van der Waals surface area contributed by atoms with Crippen molar-refractivity contribution in [2.75, 3.05) is 6.61 Å². The van der Waals surface area contributed by atoms with E-state index in [-0.39, 0.29) is 6.61 Å². The zero-order valence-electron chi connectivity index (χ0n) is 5.81. The van der Waals surface area contributed by atoms with E-state index >= 15 is 0 Å². The van der Waals surface area contributed by atoms with Crippen molar-refractivity contribution in [3.8, 4) is 0 Å². The van der Waals surface area contributed by atoms with Gasteiger partial charge in [-0.1, -0.05) is 11.6 Å². The van der Waals surface area contributed by atoms with Crippen LogP contribution in [-0.4, -0.2) is 32.5 Å². The highest BCUT2D eigenvalue weighted by Crippen LogP contribution is 2.03. The van der Waals surface area contributed by atoms with E-state index in [9.17, 15) is 0 Å². The maximum absolute atomic E-state index is 8.98. The third kappa shape index (κ3) is 2.49. The van der Waals surface area contributed by atoms with Gasteiger partial charge in [-0.2, -0.15) is 0 Å². The minimum absolute atomic E-state index is 0.254. The Hall–Kier alpha value is -0.580. The molecule has 0 aliphatic rings. The van der Waals surface area contributed by atoms with Crippen molar-refractivity contribution in [2.45, 2.75) is 12.6 Å². The fraction of sp³-hybridized carbons (Fsp3) is 0.500. The van der Waals surface area contributed by atoms with Gasteiger partial charge in [0.25, 0.3) is 0 Å². The Morgan fingerprint density at radius 1 is 1.73 bits per heavy atom. The van der Waals surface area contributed by atoms with E-state index in [4.69, 9.17) is 21.8 Å². The average Bonchev–Trinajstić information content (AvgIpc) is 2.35. The van der Waals surface area contributed by atoms with Crippen LogP contribution in [0.25, 0.3) is 0 Å². The number of hydrogen-bond donors (Lipinski definition) is 2. The summed E-state index contributed by atoms with van der Waals surface area (Å²) in [6.07, 6.45) is 2.34. The second kappa shape index (κ2) is 3.71. The summed E-state index contributed by atoms with van der Waals surface area (Å²) in [5, 5.41) is 17.8. The SMILES string of the molecule is OCC(O)Cn1cnc(Cl)c1. The van der Waals surface area contributed by atoms with Gasteiger partial charge in [-0.15, -0.1) is 0 Å². The van der Waals surface area contributed by atoms with Gasteiger partial charge < -0.3 is 14.8 Å². The predicted octanol–water partition coefficient (Wildman–Crippen LogP) is -0.110. The van der Waals surface area contributed by atoms with Gasteiger partial charge in [-0.3, -0.25) is 0 Å². The standard InChI is InChI=1S/C6H9ClN2O2/c7-6-2-9(4-8-6)1-5(11)3-10/h2,4-5,10-11H,1,3H2. The predicted molar refractivity (Wildman–Crippen MR) is 40.3 cm³/mol. The summed E-state index contributed by atoms with van der Waals surface area (Å²) in [5.41, 5.74) is 0. The van der Waals surface area contributed by atoms with Gasteiger partial charge >= 0.3 is 0 Å². The molecule has 0 aliphatic heterocycles. The highest BCUT2D eigenvalue weighted by atomic mass is 35.5. The van der Waals surface area contributed by atoms with E-state index in [1.165, 1.54) is 6.33 Å². The van der Waals surface area contributed by atoms with Crippen LogP contribution >= 0.6 is 11.6 Å². The molecule has 0 aliphatic carbocycles. The first-order valence-corrected chi connectivity index (χ1v) is 3.56. The monoisotopic (exact) mass is 176 g/mol. The first-order valence-electron chi connectivity index (χ1n) is 3.18. The summed E-state index contributed by atoms with van der Waals surface area (Å²) in [7, 11) is 0. The second-order valence-corrected chi connectivity index (χ2v) is 2.62. The minimum Gasteiger partial charge on any atom is -0.394 e. The second-order valence-electron chi connectivity index (χ2n) is 2.23. The lowest BCUT2D eigenvalue weighted by molar-refractivity contribution is 0.0812. The molecule has 1 unspecified atom stereocenters. The molecule has 0 spiro atoms. The highest BCUT2D eigenvalue weighted by Gasteiger charge is 2.02. The molecule has 1 atom stereocenters. The van der Waals surface area contributed by atoms with E-state index in [1.807, 2.05) is 0 Å². The van der Waals surface area contributed by atoms with Crippen molar-refractivity contribution in [3.63, 3.8) is 0 Å². The lowest BCUT2D eigenvalue weighted by Crippen LogP contribution is -2.18. The summed E-state index contributed by atoms with van der Waals surface area (Å²) in [6, 6.07) is 0. The number of aromatic nitrogens is 2. The Labute approximate surface area is 69.1 Å².